The molecule has 0 radical (unpaired) electrons. The fourth-order valence-corrected chi connectivity index (χ4v) is 2.27. The molecule has 2 aromatic rings. The Morgan fingerprint density at radius 3 is 2.72 bits per heavy atom. The second-order valence-corrected chi connectivity index (χ2v) is 5.29. The average Bonchev–Trinajstić information content (AvgIpc) is 2.69. The third-order valence-electron chi connectivity index (χ3n) is 3.51. The lowest BCUT2D eigenvalue weighted by Crippen LogP contribution is -2.29. The minimum absolute atomic E-state index is 0.449. The fraction of sp³-hybridized carbons (Fsp3) is 0.500. The van der Waals surface area contributed by atoms with Gasteiger partial charge in [-0.2, -0.15) is 0 Å². The van der Waals surface area contributed by atoms with E-state index in [4.69, 9.17) is 11.6 Å². The number of halogens is 1. The van der Waals surface area contributed by atoms with E-state index >= 15 is 0 Å². The molecule has 1 unspecified atom stereocenters. The second-order valence-electron chi connectivity index (χ2n) is 5.03. The van der Waals surface area contributed by atoms with Gasteiger partial charge in [0, 0.05) is 12.6 Å². The van der Waals surface area contributed by atoms with Gasteiger partial charge in [0.05, 0.1) is 16.9 Å². The van der Waals surface area contributed by atoms with Crippen molar-refractivity contribution >= 4 is 22.6 Å². The van der Waals surface area contributed by atoms with Gasteiger partial charge in [-0.15, -0.1) is 11.6 Å². The van der Waals surface area contributed by atoms with Crippen LogP contribution < -0.4 is 0 Å². The first kappa shape index (κ1) is 13.4. The molecule has 0 saturated carbocycles. The molecule has 1 atom stereocenters. The van der Waals surface area contributed by atoms with Crippen molar-refractivity contribution in [2.75, 3.05) is 14.1 Å². The summed E-state index contributed by atoms with van der Waals surface area (Å²) >= 11 is 6.02. The fourth-order valence-electron chi connectivity index (χ4n) is 2.07. The Kier molecular flexibility index (Phi) is 3.93. The average molecular weight is 266 g/mol. The maximum Gasteiger partial charge on any atom is 0.124 e. The van der Waals surface area contributed by atoms with E-state index < -0.39 is 0 Å². The van der Waals surface area contributed by atoms with E-state index in [0.717, 1.165) is 17.9 Å². The van der Waals surface area contributed by atoms with Crippen LogP contribution in [-0.4, -0.2) is 34.6 Å². The molecule has 0 aliphatic rings. The minimum atomic E-state index is 0.449. The number of benzene rings is 1. The summed E-state index contributed by atoms with van der Waals surface area (Å²) in [5.74, 6) is 1.41. The van der Waals surface area contributed by atoms with Crippen molar-refractivity contribution in [3.05, 3.63) is 29.6 Å². The zero-order valence-corrected chi connectivity index (χ0v) is 12.2. The van der Waals surface area contributed by atoms with Crippen molar-refractivity contribution in [1.29, 1.82) is 0 Å². The standard InChI is InChI=1S/C14H20ClN3/c1-10-6-5-7-12-14(10)16-13(8-15)18(12)9-11(2)17(3)4/h5-7,11H,8-9H2,1-4H3. The SMILES string of the molecule is Cc1cccc2c1nc(CCl)n2CC(C)N(C)C. The molecule has 4 heteroatoms. The summed E-state index contributed by atoms with van der Waals surface area (Å²) in [7, 11) is 4.19. The predicted molar refractivity (Wildman–Crippen MR) is 77.2 cm³/mol. The number of aryl methyl sites for hydroxylation is 1. The van der Waals surface area contributed by atoms with E-state index in [1.165, 1.54) is 11.1 Å². The van der Waals surface area contributed by atoms with E-state index in [0.29, 0.717) is 11.9 Å². The minimum Gasteiger partial charge on any atom is -0.325 e. The Labute approximate surface area is 113 Å². The van der Waals surface area contributed by atoms with Gasteiger partial charge in [0.2, 0.25) is 0 Å². The Balaban J connectivity index is 2.50. The number of fused-ring (bicyclic) bond motifs is 1. The first-order valence-electron chi connectivity index (χ1n) is 6.21. The molecule has 0 saturated heterocycles. The van der Waals surface area contributed by atoms with Gasteiger partial charge in [-0.05, 0) is 39.6 Å². The van der Waals surface area contributed by atoms with Crippen LogP contribution in [0.25, 0.3) is 11.0 Å². The van der Waals surface area contributed by atoms with Crippen molar-refractivity contribution in [3.63, 3.8) is 0 Å². The molecule has 18 heavy (non-hydrogen) atoms. The number of nitrogens with zero attached hydrogens (tertiary/aromatic N) is 3. The summed E-state index contributed by atoms with van der Waals surface area (Å²) in [5.41, 5.74) is 3.45. The van der Waals surface area contributed by atoms with Crippen LogP contribution in [0.5, 0.6) is 0 Å². The largest absolute Gasteiger partial charge is 0.325 e. The monoisotopic (exact) mass is 265 g/mol. The molecule has 98 valence electrons. The molecule has 0 bridgehead atoms. The number of para-hydroxylation sites is 1. The molecule has 0 fully saturated rings. The lowest BCUT2D eigenvalue weighted by Gasteiger charge is -2.21. The first-order chi connectivity index (χ1) is 8.54. The summed E-state index contributed by atoms with van der Waals surface area (Å²) in [5, 5.41) is 0. The van der Waals surface area contributed by atoms with Crippen LogP contribution in [0.3, 0.4) is 0 Å². The summed E-state index contributed by atoms with van der Waals surface area (Å²) in [4.78, 5) is 6.86. The zero-order chi connectivity index (χ0) is 13.3. The quantitative estimate of drug-likeness (QED) is 0.793. The van der Waals surface area contributed by atoms with Gasteiger partial charge in [-0.1, -0.05) is 12.1 Å². The van der Waals surface area contributed by atoms with Crippen molar-refractivity contribution in [2.45, 2.75) is 32.3 Å². The van der Waals surface area contributed by atoms with Gasteiger partial charge in [-0.25, -0.2) is 4.98 Å². The number of imidazole rings is 1. The van der Waals surface area contributed by atoms with Gasteiger partial charge >= 0.3 is 0 Å². The van der Waals surface area contributed by atoms with Crippen LogP contribution in [0.2, 0.25) is 0 Å². The smallest absolute Gasteiger partial charge is 0.124 e. The van der Waals surface area contributed by atoms with Crippen LogP contribution in [0, 0.1) is 6.92 Å². The van der Waals surface area contributed by atoms with Gasteiger partial charge in [0.15, 0.2) is 0 Å². The molecular weight excluding hydrogens is 246 g/mol. The topological polar surface area (TPSA) is 21.1 Å². The van der Waals surface area contributed by atoms with Crippen LogP contribution in [0.1, 0.15) is 18.3 Å². The summed E-state index contributed by atoms with van der Waals surface area (Å²) < 4.78 is 2.24. The molecule has 3 nitrogen and oxygen atoms in total. The normalized spacial score (nSPS) is 13.4. The highest BCUT2D eigenvalue weighted by molar-refractivity contribution is 6.16. The van der Waals surface area contributed by atoms with Crippen molar-refractivity contribution < 1.29 is 0 Å². The molecule has 1 aromatic heterocycles. The summed E-state index contributed by atoms with van der Waals surface area (Å²) in [6.45, 7) is 5.21. The van der Waals surface area contributed by atoms with E-state index in [1.54, 1.807) is 0 Å². The second kappa shape index (κ2) is 5.29. The van der Waals surface area contributed by atoms with Gasteiger partial charge in [-0.3, -0.25) is 0 Å². The molecule has 0 amide bonds. The van der Waals surface area contributed by atoms with E-state index in [-0.39, 0.29) is 0 Å². The highest BCUT2D eigenvalue weighted by Gasteiger charge is 2.14. The summed E-state index contributed by atoms with van der Waals surface area (Å²) in [6.07, 6.45) is 0. The zero-order valence-electron chi connectivity index (χ0n) is 11.4. The molecule has 0 spiro atoms. The van der Waals surface area contributed by atoms with Crippen molar-refractivity contribution in [1.82, 2.24) is 14.5 Å². The molecule has 0 aliphatic carbocycles. The van der Waals surface area contributed by atoms with Gasteiger partial charge in [0.25, 0.3) is 0 Å². The van der Waals surface area contributed by atoms with E-state index in [1.807, 2.05) is 0 Å². The molecule has 1 heterocycles. The maximum absolute atomic E-state index is 6.02. The van der Waals surface area contributed by atoms with Crippen LogP contribution in [0.15, 0.2) is 18.2 Å². The Morgan fingerprint density at radius 1 is 1.39 bits per heavy atom. The lowest BCUT2D eigenvalue weighted by molar-refractivity contribution is 0.284. The molecule has 2 rings (SSSR count). The lowest BCUT2D eigenvalue weighted by atomic mass is 10.2. The Morgan fingerprint density at radius 2 is 2.11 bits per heavy atom. The number of likely N-dealkylation sites (N-methyl/N-ethyl adjacent to an activating group) is 1. The van der Waals surface area contributed by atoms with Gasteiger partial charge < -0.3 is 9.47 Å². The number of hydrogen-bond acceptors (Lipinski definition) is 2. The first-order valence-corrected chi connectivity index (χ1v) is 6.75. The number of rotatable bonds is 4. The Hall–Kier alpha value is -1.06. The molecular formula is C14H20ClN3. The summed E-state index contributed by atoms with van der Waals surface area (Å²) in [6, 6.07) is 6.74. The highest BCUT2D eigenvalue weighted by atomic mass is 35.5. The van der Waals surface area contributed by atoms with Crippen LogP contribution >= 0.6 is 11.6 Å². The third kappa shape index (κ3) is 2.38. The number of hydrogen-bond donors (Lipinski definition) is 0. The van der Waals surface area contributed by atoms with Crippen LogP contribution in [-0.2, 0) is 12.4 Å². The molecule has 0 N–H and O–H groups in total. The Bertz CT molecular complexity index is 545. The van der Waals surface area contributed by atoms with Crippen molar-refractivity contribution in [2.24, 2.45) is 0 Å². The number of alkyl halides is 1. The van der Waals surface area contributed by atoms with E-state index in [2.05, 4.69) is 60.6 Å². The molecule has 1 aromatic carbocycles. The van der Waals surface area contributed by atoms with E-state index in [9.17, 15) is 0 Å². The predicted octanol–water partition coefficient (Wildman–Crippen LogP) is 3.03. The van der Waals surface area contributed by atoms with Crippen LogP contribution in [0.4, 0.5) is 0 Å². The number of aromatic nitrogens is 2. The van der Waals surface area contributed by atoms with Crippen molar-refractivity contribution in [3.8, 4) is 0 Å². The highest BCUT2D eigenvalue weighted by Crippen LogP contribution is 2.21. The maximum atomic E-state index is 6.02. The third-order valence-corrected chi connectivity index (χ3v) is 3.75. The molecule has 0 aliphatic heterocycles. The van der Waals surface area contributed by atoms with Gasteiger partial charge in [0.1, 0.15) is 5.82 Å².